The van der Waals surface area contributed by atoms with E-state index in [0.29, 0.717) is 45.4 Å². The molecule has 0 aliphatic carbocycles. The number of nitrogens with one attached hydrogen (secondary N) is 1. The SMILES string of the molecule is CC(C)NC(=O)c1ccc2c(=O)n(C[C@H]3CCCO3)c(SCc3c(F)cccc3Cl)nc2c1. The van der Waals surface area contributed by atoms with Crippen molar-refractivity contribution in [2.75, 3.05) is 6.61 Å². The summed E-state index contributed by atoms with van der Waals surface area (Å²) in [5.41, 5.74) is 0.982. The molecule has 2 heterocycles. The lowest BCUT2D eigenvalue weighted by atomic mass is 10.1. The smallest absolute Gasteiger partial charge is 0.262 e. The summed E-state index contributed by atoms with van der Waals surface area (Å²) >= 11 is 7.43. The van der Waals surface area contributed by atoms with E-state index in [4.69, 9.17) is 21.3 Å². The second-order valence-corrected chi connectivity index (χ2v) is 9.64. The van der Waals surface area contributed by atoms with Crippen molar-refractivity contribution in [3.63, 3.8) is 0 Å². The van der Waals surface area contributed by atoms with Crippen LogP contribution in [0.4, 0.5) is 4.39 Å². The number of aromatic nitrogens is 2. The van der Waals surface area contributed by atoms with Crippen molar-refractivity contribution in [3.05, 3.63) is 68.7 Å². The van der Waals surface area contributed by atoms with Crippen molar-refractivity contribution in [2.24, 2.45) is 0 Å². The van der Waals surface area contributed by atoms with Gasteiger partial charge in [0.2, 0.25) is 0 Å². The van der Waals surface area contributed by atoms with Gasteiger partial charge >= 0.3 is 0 Å². The molecule has 4 rings (SSSR count). The van der Waals surface area contributed by atoms with E-state index in [1.807, 2.05) is 13.8 Å². The average molecular weight is 490 g/mol. The monoisotopic (exact) mass is 489 g/mol. The third kappa shape index (κ3) is 5.39. The van der Waals surface area contributed by atoms with Crippen LogP contribution < -0.4 is 10.9 Å². The molecule has 1 amide bonds. The topological polar surface area (TPSA) is 73.2 Å². The molecule has 1 saturated heterocycles. The predicted octanol–water partition coefficient (Wildman–Crippen LogP) is 4.80. The van der Waals surface area contributed by atoms with E-state index in [1.165, 1.54) is 17.8 Å². The van der Waals surface area contributed by atoms with Crippen LogP contribution in [0.3, 0.4) is 0 Å². The number of nitrogens with zero attached hydrogens (tertiary/aromatic N) is 2. The number of ether oxygens (including phenoxy) is 1. The Morgan fingerprint density at radius 1 is 1.36 bits per heavy atom. The summed E-state index contributed by atoms with van der Waals surface area (Å²) in [5.74, 6) is -0.427. The standard InChI is InChI=1S/C24H25ClFN3O3S/c1-14(2)27-22(30)15-8-9-17-21(11-15)28-24(29(23(17)31)12-16-5-4-10-32-16)33-13-18-19(25)6-3-7-20(18)26/h3,6-9,11,14,16H,4-5,10,12-13H2,1-2H3,(H,27,30)/t16-/m1/s1. The summed E-state index contributed by atoms with van der Waals surface area (Å²) in [6.07, 6.45) is 1.74. The van der Waals surface area contributed by atoms with Gasteiger partial charge in [-0.2, -0.15) is 0 Å². The molecule has 0 spiro atoms. The number of benzene rings is 2. The first-order chi connectivity index (χ1) is 15.8. The van der Waals surface area contributed by atoms with E-state index >= 15 is 0 Å². The number of hydrogen-bond acceptors (Lipinski definition) is 5. The van der Waals surface area contributed by atoms with E-state index in [1.54, 1.807) is 34.9 Å². The second kappa shape index (κ2) is 10.2. The molecule has 3 aromatic rings. The lowest BCUT2D eigenvalue weighted by Crippen LogP contribution is -2.31. The fraction of sp³-hybridized carbons (Fsp3) is 0.375. The molecule has 1 N–H and O–H groups in total. The Labute approximate surface area is 200 Å². The number of amides is 1. The fourth-order valence-electron chi connectivity index (χ4n) is 3.76. The van der Waals surface area contributed by atoms with Crippen LogP contribution >= 0.6 is 23.4 Å². The zero-order chi connectivity index (χ0) is 23.5. The number of carbonyl (C=O) groups excluding carboxylic acids is 1. The molecule has 1 aliphatic heterocycles. The highest BCUT2D eigenvalue weighted by molar-refractivity contribution is 7.98. The van der Waals surface area contributed by atoms with Crippen molar-refractivity contribution in [1.29, 1.82) is 0 Å². The van der Waals surface area contributed by atoms with Gasteiger partial charge in [0.15, 0.2) is 5.16 Å². The highest BCUT2D eigenvalue weighted by atomic mass is 35.5. The summed E-state index contributed by atoms with van der Waals surface area (Å²) in [7, 11) is 0. The number of thioether (sulfide) groups is 1. The number of carbonyl (C=O) groups is 1. The van der Waals surface area contributed by atoms with Crippen molar-refractivity contribution in [3.8, 4) is 0 Å². The van der Waals surface area contributed by atoms with Gasteiger partial charge in [0.05, 0.1) is 23.6 Å². The minimum absolute atomic E-state index is 0.0165. The van der Waals surface area contributed by atoms with E-state index in [0.717, 1.165) is 12.8 Å². The Balaban J connectivity index is 1.74. The Bertz CT molecular complexity index is 1220. The van der Waals surface area contributed by atoms with Crippen LogP contribution in [0.2, 0.25) is 5.02 Å². The maximum absolute atomic E-state index is 14.3. The highest BCUT2D eigenvalue weighted by Crippen LogP contribution is 2.29. The van der Waals surface area contributed by atoms with Gasteiger partial charge in [-0.25, -0.2) is 9.37 Å². The van der Waals surface area contributed by atoms with Crippen molar-refractivity contribution < 1.29 is 13.9 Å². The molecular formula is C24H25ClFN3O3S. The Morgan fingerprint density at radius 3 is 2.88 bits per heavy atom. The van der Waals surface area contributed by atoms with Crippen molar-refractivity contribution in [2.45, 2.75) is 56.3 Å². The maximum atomic E-state index is 14.3. The summed E-state index contributed by atoms with van der Waals surface area (Å²) in [6, 6.07) is 9.40. The summed E-state index contributed by atoms with van der Waals surface area (Å²) in [4.78, 5) is 30.5. The molecule has 0 unspecified atom stereocenters. The normalized spacial score (nSPS) is 16.0. The molecule has 1 aromatic heterocycles. The quantitative estimate of drug-likeness (QED) is 0.381. The van der Waals surface area contributed by atoms with Gasteiger partial charge in [-0.15, -0.1) is 0 Å². The third-order valence-electron chi connectivity index (χ3n) is 5.42. The van der Waals surface area contributed by atoms with Crippen LogP contribution in [0.15, 0.2) is 46.3 Å². The van der Waals surface area contributed by atoms with E-state index in [-0.39, 0.29) is 29.4 Å². The lowest BCUT2D eigenvalue weighted by Gasteiger charge is -2.17. The van der Waals surface area contributed by atoms with Crippen LogP contribution in [0.5, 0.6) is 0 Å². The van der Waals surface area contributed by atoms with E-state index in [2.05, 4.69) is 5.32 Å². The molecule has 2 aromatic carbocycles. The summed E-state index contributed by atoms with van der Waals surface area (Å²) in [5, 5.41) is 4.02. The Kier molecular flexibility index (Phi) is 7.36. The van der Waals surface area contributed by atoms with Crippen molar-refractivity contribution >= 4 is 40.2 Å². The molecule has 0 radical (unpaired) electrons. The molecule has 6 nitrogen and oxygen atoms in total. The Morgan fingerprint density at radius 2 is 2.18 bits per heavy atom. The predicted molar refractivity (Wildman–Crippen MR) is 129 cm³/mol. The second-order valence-electron chi connectivity index (χ2n) is 8.29. The van der Waals surface area contributed by atoms with Gasteiger partial charge in [-0.1, -0.05) is 29.4 Å². The van der Waals surface area contributed by atoms with Gasteiger partial charge in [0.25, 0.3) is 11.5 Å². The Hall–Kier alpha value is -2.42. The molecule has 33 heavy (non-hydrogen) atoms. The van der Waals surface area contributed by atoms with Crippen LogP contribution in [-0.4, -0.2) is 34.2 Å². The molecule has 174 valence electrons. The number of fused-ring (bicyclic) bond motifs is 1. The number of rotatable bonds is 7. The highest BCUT2D eigenvalue weighted by Gasteiger charge is 2.21. The molecule has 0 saturated carbocycles. The van der Waals surface area contributed by atoms with Gasteiger partial charge < -0.3 is 10.1 Å². The van der Waals surface area contributed by atoms with Crippen LogP contribution in [-0.2, 0) is 17.0 Å². The first kappa shape index (κ1) is 23.7. The van der Waals surface area contributed by atoms with Gasteiger partial charge in [0, 0.05) is 34.6 Å². The molecular weight excluding hydrogens is 465 g/mol. The first-order valence-electron chi connectivity index (χ1n) is 10.9. The van der Waals surface area contributed by atoms with E-state index < -0.39 is 5.82 Å². The van der Waals surface area contributed by atoms with Crippen LogP contribution in [0, 0.1) is 5.82 Å². The van der Waals surface area contributed by atoms with E-state index in [9.17, 15) is 14.0 Å². The van der Waals surface area contributed by atoms with Gasteiger partial charge in [-0.05, 0) is 57.0 Å². The van der Waals surface area contributed by atoms with Crippen LogP contribution in [0.1, 0.15) is 42.6 Å². The molecule has 9 heteroatoms. The van der Waals surface area contributed by atoms with Gasteiger partial charge in [-0.3, -0.25) is 14.2 Å². The molecule has 0 bridgehead atoms. The van der Waals surface area contributed by atoms with Crippen molar-refractivity contribution in [1.82, 2.24) is 14.9 Å². The summed E-state index contributed by atoms with van der Waals surface area (Å²) in [6.45, 7) is 4.79. The fourth-order valence-corrected chi connectivity index (χ4v) is 5.11. The largest absolute Gasteiger partial charge is 0.376 e. The molecule has 1 aliphatic rings. The lowest BCUT2D eigenvalue weighted by molar-refractivity contribution is 0.0937. The number of halogens is 2. The zero-order valence-electron chi connectivity index (χ0n) is 18.4. The van der Waals surface area contributed by atoms with Gasteiger partial charge in [0.1, 0.15) is 5.82 Å². The molecule has 1 fully saturated rings. The summed E-state index contributed by atoms with van der Waals surface area (Å²) < 4.78 is 21.6. The number of hydrogen-bond donors (Lipinski definition) is 1. The minimum atomic E-state index is -0.406. The maximum Gasteiger partial charge on any atom is 0.262 e. The zero-order valence-corrected chi connectivity index (χ0v) is 20.0. The molecule has 1 atom stereocenters. The first-order valence-corrected chi connectivity index (χ1v) is 12.2. The minimum Gasteiger partial charge on any atom is -0.376 e. The average Bonchev–Trinajstić information content (AvgIpc) is 3.28. The third-order valence-corrected chi connectivity index (χ3v) is 6.78. The van der Waals surface area contributed by atoms with Crippen LogP contribution in [0.25, 0.3) is 10.9 Å².